The van der Waals surface area contributed by atoms with Gasteiger partial charge in [0.05, 0.1) is 10.9 Å². The molecule has 1 aliphatic rings. The van der Waals surface area contributed by atoms with E-state index in [4.69, 9.17) is 5.73 Å². The Bertz CT molecular complexity index is 1310. The highest BCUT2D eigenvalue weighted by atomic mass is 16.1. The van der Waals surface area contributed by atoms with Crippen LogP contribution in [0.25, 0.3) is 33.1 Å². The molecule has 5 rings (SSSR count). The van der Waals surface area contributed by atoms with Gasteiger partial charge in [-0.15, -0.1) is 0 Å². The number of carbonyl (C=O) groups is 1. The second-order valence-corrected chi connectivity index (χ2v) is 7.79. The van der Waals surface area contributed by atoms with Crippen LogP contribution in [-0.4, -0.2) is 31.5 Å². The summed E-state index contributed by atoms with van der Waals surface area (Å²) in [5, 5.41) is 4.94. The van der Waals surface area contributed by atoms with E-state index in [1.54, 1.807) is 0 Å². The van der Waals surface area contributed by atoms with E-state index in [0.29, 0.717) is 12.4 Å². The molecule has 0 saturated carbocycles. The third-order valence-corrected chi connectivity index (χ3v) is 5.83. The topological polar surface area (TPSA) is 98.7 Å². The van der Waals surface area contributed by atoms with Crippen LogP contribution in [0.15, 0.2) is 55.5 Å². The summed E-state index contributed by atoms with van der Waals surface area (Å²) >= 11 is 0. The van der Waals surface area contributed by atoms with Crippen LogP contribution in [0, 0.1) is 0 Å². The molecule has 0 bridgehead atoms. The quantitative estimate of drug-likeness (QED) is 0.515. The molecule has 0 saturated heterocycles. The monoisotopic (exact) mass is 398 g/mol. The third-order valence-electron chi connectivity index (χ3n) is 5.83. The molecule has 2 unspecified atom stereocenters. The number of benzene rings is 1. The maximum atomic E-state index is 11.9. The minimum Gasteiger partial charge on any atom is -0.383 e. The van der Waals surface area contributed by atoms with Crippen molar-refractivity contribution < 1.29 is 4.79 Å². The normalized spacial score (nSPS) is 18.3. The number of nitrogens with one attached hydrogen (secondary N) is 1. The lowest BCUT2D eigenvalue weighted by Crippen LogP contribution is -2.41. The minimum absolute atomic E-state index is 0.00707. The molecule has 30 heavy (non-hydrogen) atoms. The van der Waals surface area contributed by atoms with Crippen molar-refractivity contribution in [3.8, 4) is 11.1 Å². The molecule has 0 radical (unpaired) electrons. The van der Waals surface area contributed by atoms with Crippen molar-refractivity contribution >= 4 is 33.7 Å². The molecule has 1 aromatic carbocycles. The summed E-state index contributed by atoms with van der Waals surface area (Å²) in [6.45, 7) is 6.34. The van der Waals surface area contributed by atoms with Crippen molar-refractivity contribution in [3.05, 3.63) is 61.2 Å². The lowest BCUT2D eigenvalue weighted by Gasteiger charge is -2.30. The van der Waals surface area contributed by atoms with Gasteiger partial charge in [-0.1, -0.05) is 31.7 Å². The van der Waals surface area contributed by atoms with Crippen molar-refractivity contribution in [2.75, 3.05) is 5.73 Å². The van der Waals surface area contributed by atoms with Gasteiger partial charge in [-0.2, -0.15) is 0 Å². The molecule has 2 atom stereocenters. The van der Waals surface area contributed by atoms with E-state index in [-0.39, 0.29) is 17.9 Å². The Kier molecular flexibility index (Phi) is 4.24. The number of nitrogens with zero attached hydrogens (tertiary/aromatic N) is 4. The first-order valence-electron chi connectivity index (χ1n) is 9.97. The zero-order chi connectivity index (χ0) is 20.8. The fourth-order valence-corrected chi connectivity index (χ4v) is 4.61. The summed E-state index contributed by atoms with van der Waals surface area (Å²) in [7, 11) is 0. The van der Waals surface area contributed by atoms with Crippen molar-refractivity contribution in [3.63, 3.8) is 0 Å². The Morgan fingerprint density at radius 3 is 2.97 bits per heavy atom. The van der Waals surface area contributed by atoms with E-state index in [9.17, 15) is 4.79 Å². The van der Waals surface area contributed by atoms with Crippen molar-refractivity contribution in [1.29, 1.82) is 0 Å². The number of para-hydroxylation sites is 1. The van der Waals surface area contributed by atoms with Crippen LogP contribution in [0.3, 0.4) is 0 Å². The SMILES string of the molecule is C=CC(=O)NC1CC(C)c2c(-c3cnc4ccccc4c3)c3c(N)ncnc3n2C1. The Morgan fingerprint density at radius 2 is 2.13 bits per heavy atom. The molecule has 7 heteroatoms. The van der Waals surface area contributed by atoms with Gasteiger partial charge < -0.3 is 15.6 Å². The second-order valence-electron chi connectivity index (χ2n) is 7.79. The number of hydrogen-bond donors (Lipinski definition) is 2. The highest BCUT2D eigenvalue weighted by molar-refractivity contribution is 6.03. The summed E-state index contributed by atoms with van der Waals surface area (Å²) in [5.74, 6) is 0.466. The van der Waals surface area contributed by atoms with Gasteiger partial charge in [0.25, 0.3) is 0 Å². The van der Waals surface area contributed by atoms with Gasteiger partial charge >= 0.3 is 0 Å². The molecule has 0 fully saturated rings. The molecule has 4 aromatic rings. The summed E-state index contributed by atoms with van der Waals surface area (Å²) in [6, 6.07) is 10.2. The van der Waals surface area contributed by atoms with Crippen LogP contribution in [0.1, 0.15) is 25.0 Å². The third kappa shape index (κ3) is 2.82. The zero-order valence-electron chi connectivity index (χ0n) is 16.7. The number of carbonyl (C=O) groups excluding carboxylic acids is 1. The molecule has 0 aliphatic carbocycles. The van der Waals surface area contributed by atoms with Crippen LogP contribution in [0.4, 0.5) is 5.82 Å². The standard InChI is InChI=1S/C23H22N6O/c1-3-18(30)28-16-8-13(2)21-19(15-9-14-6-4-5-7-17(14)25-10-15)20-22(24)26-12-27-23(20)29(21)11-16/h3-7,9-10,12-13,16H,1,8,11H2,2H3,(H,28,30)(H2,24,26,27). The number of fused-ring (bicyclic) bond motifs is 4. The van der Waals surface area contributed by atoms with E-state index in [1.807, 2.05) is 24.4 Å². The maximum absolute atomic E-state index is 11.9. The highest BCUT2D eigenvalue weighted by Gasteiger charge is 2.32. The molecule has 3 aromatic heterocycles. The number of pyridine rings is 1. The average Bonchev–Trinajstić information content (AvgIpc) is 3.09. The lowest BCUT2D eigenvalue weighted by molar-refractivity contribution is -0.117. The molecule has 150 valence electrons. The molecular weight excluding hydrogens is 376 g/mol. The van der Waals surface area contributed by atoms with Gasteiger partial charge in [0.2, 0.25) is 5.91 Å². The Morgan fingerprint density at radius 1 is 1.30 bits per heavy atom. The van der Waals surface area contributed by atoms with E-state index in [0.717, 1.165) is 45.2 Å². The van der Waals surface area contributed by atoms with Crippen LogP contribution in [-0.2, 0) is 11.3 Å². The highest BCUT2D eigenvalue weighted by Crippen LogP contribution is 2.43. The van der Waals surface area contributed by atoms with E-state index in [1.165, 1.54) is 12.4 Å². The van der Waals surface area contributed by atoms with Crippen molar-refractivity contribution in [2.45, 2.75) is 31.8 Å². The van der Waals surface area contributed by atoms with Gasteiger partial charge in [0.1, 0.15) is 17.8 Å². The van der Waals surface area contributed by atoms with E-state index >= 15 is 0 Å². The number of anilines is 1. The Labute approximate surface area is 173 Å². The number of rotatable bonds is 3. The van der Waals surface area contributed by atoms with Gasteiger partial charge in [-0.25, -0.2) is 9.97 Å². The number of nitrogens with two attached hydrogens (primary N) is 1. The summed E-state index contributed by atoms with van der Waals surface area (Å²) in [6.07, 6.45) is 5.50. The predicted molar refractivity (Wildman–Crippen MR) is 118 cm³/mol. The molecular formula is C23H22N6O. The largest absolute Gasteiger partial charge is 0.383 e. The minimum atomic E-state index is -0.166. The summed E-state index contributed by atoms with van der Waals surface area (Å²) in [4.78, 5) is 25.3. The molecule has 7 nitrogen and oxygen atoms in total. The van der Waals surface area contributed by atoms with Gasteiger partial charge in [0.15, 0.2) is 0 Å². The Balaban J connectivity index is 1.74. The first-order valence-corrected chi connectivity index (χ1v) is 9.97. The Hall–Kier alpha value is -3.74. The van der Waals surface area contributed by atoms with E-state index < -0.39 is 0 Å². The number of hydrogen-bond acceptors (Lipinski definition) is 5. The van der Waals surface area contributed by atoms with Crippen molar-refractivity contribution in [2.24, 2.45) is 0 Å². The van der Waals surface area contributed by atoms with Crippen LogP contribution < -0.4 is 11.1 Å². The predicted octanol–water partition coefficient (Wildman–Crippen LogP) is 3.41. The molecule has 1 amide bonds. The first-order chi connectivity index (χ1) is 14.6. The first kappa shape index (κ1) is 18.3. The summed E-state index contributed by atoms with van der Waals surface area (Å²) < 4.78 is 2.17. The zero-order valence-corrected chi connectivity index (χ0v) is 16.7. The smallest absolute Gasteiger partial charge is 0.243 e. The number of nitrogen functional groups attached to an aromatic ring is 1. The van der Waals surface area contributed by atoms with Crippen LogP contribution >= 0.6 is 0 Å². The fourth-order valence-electron chi connectivity index (χ4n) is 4.61. The van der Waals surface area contributed by atoms with Crippen LogP contribution in [0.5, 0.6) is 0 Å². The van der Waals surface area contributed by atoms with Crippen molar-refractivity contribution in [1.82, 2.24) is 24.8 Å². The number of aromatic nitrogens is 4. The number of amides is 1. The maximum Gasteiger partial charge on any atom is 0.243 e. The lowest BCUT2D eigenvalue weighted by atomic mass is 9.89. The molecule has 0 spiro atoms. The molecule has 3 N–H and O–H groups in total. The average molecular weight is 398 g/mol. The van der Waals surface area contributed by atoms with Crippen LogP contribution in [0.2, 0.25) is 0 Å². The van der Waals surface area contributed by atoms with Gasteiger partial charge in [-0.3, -0.25) is 9.78 Å². The van der Waals surface area contributed by atoms with E-state index in [2.05, 4.69) is 50.5 Å². The van der Waals surface area contributed by atoms with Gasteiger partial charge in [0, 0.05) is 41.0 Å². The van der Waals surface area contributed by atoms with Gasteiger partial charge in [-0.05, 0) is 30.5 Å². The molecule has 1 aliphatic heterocycles. The molecule has 4 heterocycles. The fraction of sp³-hybridized carbons (Fsp3) is 0.217. The second kappa shape index (κ2) is 6.95. The summed E-state index contributed by atoms with van der Waals surface area (Å²) in [5.41, 5.74) is 11.2.